The van der Waals surface area contributed by atoms with E-state index in [1.165, 1.54) is 11.2 Å². The number of nitrogens with one attached hydrogen (secondary N) is 2. The van der Waals surface area contributed by atoms with E-state index in [1.54, 1.807) is 25.3 Å². The van der Waals surface area contributed by atoms with Crippen molar-refractivity contribution < 1.29 is 23.8 Å². The molecule has 4 rings (SSSR count). The second-order valence-electron chi connectivity index (χ2n) is 7.74. The highest BCUT2D eigenvalue weighted by molar-refractivity contribution is 6.06. The molecule has 0 radical (unpaired) electrons. The number of hydrogen-bond acceptors (Lipinski definition) is 7. The number of rotatable bonds is 9. The molecule has 1 unspecified atom stereocenters. The van der Waals surface area contributed by atoms with Crippen LogP contribution >= 0.6 is 0 Å². The first-order valence-corrected chi connectivity index (χ1v) is 11.3. The van der Waals surface area contributed by atoms with E-state index in [0.29, 0.717) is 41.6 Å². The molecule has 0 fully saturated rings. The fourth-order valence-corrected chi connectivity index (χ4v) is 3.64. The first-order valence-electron chi connectivity index (χ1n) is 11.3. The van der Waals surface area contributed by atoms with E-state index in [2.05, 4.69) is 20.6 Å². The number of cyclic esters (lactones) is 1. The van der Waals surface area contributed by atoms with Crippen molar-refractivity contribution in [2.24, 2.45) is 5.10 Å². The van der Waals surface area contributed by atoms with Crippen LogP contribution in [0.5, 0.6) is 11.5 Å². The smallest absolute Gasteiger partial charge is 0.431 e. The number of anilines is 1. The summed E-state index contributed by atoms with van der Waals surface area (Å²) in [6.07, 6.45) is 1.10. The van der Waals surface area contributed by atoms with Gasteiger partial charge in [-0.1, -0.05) is 19.1 Å². The predicted molar refractivity (Wildman–Crippen MR) is 130 cm³/mol. The van der Waals surface area contributed by atoms with Crippen LogP contribution < -0.4 is 14.8 Å². The Morgan fingerprint density at radius 3 is 2.60 bits per heavy atom. The minimum Gasteiger partial charge on any atom is -0.493 e. The molecule has 3 aromatic rings. The van der Waals surface area contributed by atoms with Gasteiger partial charge in [0.2, 0.25) is 0 Å². The lowest BCUT2D eigenvalue weighted by Gasteiger charge is -2.29. The van der Waals surface area contributed by atoms with E-state index in [4.69, 9.17) is 14.2 Å². The lowest BCUT2D eigenvalue weighted by molar-refractivity contribution is 0.0712. The largest absolute Gasteiger partial charge is 0.493 e. The number of nitrogens with zero attached hydrogens (tertiary/aromatic N) is 3. The van der Waals surface area contributed by atoms with Crippen LogP contribution in [0.15, 0.2) is 59.8 Å². The molecule has 2 aromatic carbocycles. The number of carbonyl (C=O) groups is 2. The van der Waals surface area contributed by atoms with E-state index in [9.17, 15) is 9.59 Å². The van der Waals surface area contributed by atoms with Crippen LogP contribution in [0.4, 0.5) is 10.5 Å². The van der Waals surface area contributed by atoms with Gasteiger partial charge in [-0.15, -0.1) is 0 Å². The Morgan fingerprint density at radius 1 is 1.14 bits per heavy atom. The molecule has 10 heteroatoms. The molecule has 10 nitrogen and oxygen atoms in total. The van der Waals surface area contributed by atoms with Gasteiger partial charge in [-0.05, 0) is 55.3 Å². The molecule has 35 heavy (non-hydrogen) atoms. The van der Waals surface area contributed by atoms with Gasteiger partial charge in [0.25, 0.3) is 5.91 Å². The quantitative estimate of drug-likeness (QED) is 0.477. The normalized spacial score (nSPS) is 15.3. The van der Waals surface area contributed by atoms with Gasteiger partial charge in [0.1, 0.15) is 17.5 Å². The van der Waals surface area contributed by atoms with E-state index in [-0.39, 0.29) is 12.5 Å². The van der Waals surface area contributed by atoms with Gasteiger partial charge in [-0.3, -0.25) is 9.89 Å². The van der Waals surface area contributed by atoms with Crippen molar-refractivity contribution >= 4 is 23.4 Å². The zero-order chi connectivity index (χ0) is 24.8. The van der Waals surface area contributed by atoms with Gasteiger partial charge in [0, 0.05) is 17.4 Å². The molecule has 1 aliphatic rings. The Balaban J connectivity index is 1.52. The second kappa shape index (κ2) is 10.7. The number of methoxy groups -OCH3 is 1. The molecule has 182 valence electrons. The van der Waals surface area contributed by atoms with Crippen LogP contribution in [0.3, 0.4) is 0 Å². The van der Waals surface area contributed by atoms with Crippen molar-refractivity contribution in [3.05, 3.63) is 71.5 Å². The monoisotopic (exact) mass is 477 g/mol. The molecule has 2 N–H and O–H groups in total. The lowest BCUT2D eigenvalue weighted by Crippen LogP contribution is -2.41. The van der Waals surface area contributed by atoms with Gasteiger partial charge in [-0.2, -0.15) is 15.2 Å². The number of carbonyl (C=O) groups excluding carboxylic acids is 2. The molecule has 0 saturated carbocycles. The van der Waals surface area contributed by atoms with E-state index in [0.717, 1.165) is 11.1 Å². The van der Waals surface area contributed by atoms with Crippen molar-refractivity contribution in [2.75, 3.05) is 19.0 Å². The Kier molecular flexibility index (Phi) is 7.30. The first kappa shape index (κ1) is 23.8. The summed E-state index contributed by atoms with van der Waals surface area (Å²) in [5.41, 5.74) is 3.22. The minimum absolute atomic E-state index is 0.210. The number of aromatic nitrogens is 2. The minimum atomic E-state index is -0.518. The van der Waals surface area contributed by atoms with Crippen LogP contribution in [0, 0.1) is 0 Å². The van der Waals surface area contributed by atoms with Crippen LogP contribution in [-0.2, 0) is 11.3 Å². The molecule has 0 bridgehead atoms. The summed E-state index contributed by atoms with van der Waals surface area (Å²) in [7, 11) is 1.58. The number of ether oxygens (including phenoxy) is 3. The highest BCUT2D eigenvalue weighted by atomic mass is 16.6. The third-order valence-electron chi connectivity index (χ3n) is 5.41. The summed E-state index contributed by atoms with van der Waals surface area (Å²) in [5, 5.41) is 15.1. The zero-order valence-corrected chi connectivity index (χ0v) is 19.8. The fourth-order valence-electron chi connectivity index (χ4n) is 3.64. The summed E-state index contributed by atoms with van der Waals surface area (Å²) in [6.45, 7) is 4.57. The molecular formula is C25H27N5O5. The van der Waals surface area contributed by atoms with E-state index < -0.39 is 12.2 Å². The second-order valence-corrected chi connectivity index (χ2v) is 7.74. The Bertz CT molecular complexity index is 1210. The molecule has 0 saturated heterocycles. The Hall–Kier alpha value is -4.34. The van der Waals surface area contributed by atoms with Crippen LogP contribution in [0.2, 0.25) is 0 Å². The maximum Gasteiger partial charge on any atom is 0.431 e. The van der Waals surface area contributed by atoms with Gasteiger partial charge in [0.05, 0.1) is 20.3 Å². The number of benzene rings is 2. The number of hydrazone groups is 1. The molecule has 2 heterocycles. The maximum atomic E-state index is 12.6. The average Bonchev–Trinajstić information content (AvgIpc) is 3.42. The van der Waals surface area contributed by atoms with E-state index in [1.807, 2.05) is 44.2 Å². The van der Waals surface area contributed by atoms with Gasteiger partial charge in [-0.25, -0.2) is 4.79 Å². The predicted octanol–water partition coefficient (Wildman–Crippen LogP) is 4.20. The highest BCUT2D eigenvalue weighted by Gasteiger charge is 2.31. The Labute approximate surface area is 202 Å². The summed E-state index contributed by atoms with van der Waals surface area (Å²) < 4.78 is 16.7. The summed E-state index contributed by atoms with van der Waals surface area (Å²) in [5.74, 6) is 0.926. The summed E-state index contributed by atoms with van der Waals surface area (Å²) in [4.78, 5) is 24.8. The first-order chi connectivity index (χ1) is 17.0. The number of hydrogen-bond donors (Lipinski definition) is 2. The molecule has 1 atom stereocenters. The number of aromatic amines is 1. The summed E-state index contributed by atoms with van der Waals surface area (Å²) in [6, 6.07) is 14.3. The van der Waals surface area contributed by atoms with Gasteiger partial charge in [0.15, 0.2) is 11.5 Å². The van der Waals surface area contributed by atoms with Crippen LogP contribution in [0.25, 0.3) is 0 Å². The third kappa shape index (κ3) is 5.43. The third-order valence-corrected chi connectivity index (χ3v) is 5.41. The average molecular weight is 478 g/mol. The fraction of sp³-hybridized carbons (Fsp3) is 0.280. The van der Waals surface area contributed by atoms with E-state index >= 15 is 0 Å². The van der Waals surface area contributed by atoms with Crippen LogP contribution in [0.1, 0.15) is 41.9 Å². The molecular weight excluding hydrogens is 450 g/mol. The maximum absolute atomic E-state index is 12.6. The van der Waals surface area contributed by atoms with Crippen LogP contribution in [-0.4, -0.2) is 52.7 Å². The molecule has 0 spiro atoms. The molecule has 0 aliphatic carbocycles. The summed E-state index contributed by atoms with van der Waals surface area (Å²) >= 11 is 0. The van der Waals surface area contributed by atoms with Gasteiger partial charge < -0.3 is 19.5 Å². The Morgan fingerprint density at radius 2 is 1.94 bits per heavy atom. The molecule has 1 aliphatic heterocycles. The van der Waals surface area contributed by atoms with Crippen molar-refractivity contribution in [2.45, 2.75) is 32.9 Å². The van der Waals surface area contributed by atoms with Crippen molar-refractivity contribution in [1.82, 2.24) is 15.2 Å². The topological polar surface area (TPSA) is 118 Å². The number of H-pyrrole nitrogens is 1. The van der Waals surface area contributed by atoms with Crippen molar-refractivity contribution in [1.29, 1.82) is 0 Å². The lowest BCUT2D eigenvalue weighted by atomic mass is 10.0. The van der Waals surface area contributed by atoms with Crippen molar-refractivity contribution in [3.63, 3.8) is 0 Å². The standard InChI is InChI=1S/C25H27N5O5/c1-4-20-23(17-8-11-21(34-5-2)22(14-17)33-3)29-30(25(32)35-20)15-16-6-9-18(10-7-16)27-24(31)19-12-13-26-28-19/h6-14,20H,4-5,15H2,1-3H3,(H,26,28)(H,27,31). The number of amides is 2. The molecule has 2 amide bonds. The van der Waals surface area contributed by atoms with Crippen molar-refractivity contribution in [3.8, 4) is 11.5 Å². The highest BCUT2D eigenvalue weighted by Crippen LogP contribution is 2.30. The SMILES string of the molecule is CCOc1ccc(C2=NN(Cc3ccc(NC(=O)c4ccn[nH]4)cc3)C(=O)OC2CC)cc1OC. The van der Waals surface area contributed by atoms with Gasteiger partial charge >= 0.3 is 6.09 Å². The zero-order valence-electron chi connectivity index (χ0n) is 19.8. The molecule has 1 aromatic heterocycles.